The lowest BCUT2D eigenvalue weighted by atomic mass is 9.94. The Labute approximate surface area is 126 Å². The molecule has 1 aliphatic carbocycles. The van der Waals surface area contributed by atoms with Crippen LogP contribution in [-0.2, 0) is 6.42 Å². The zero-order valence-corrected chi connectivity index (χ0v) is 13.1. The normalized spacial score (nSPS) is 18.1. The highest BCUT2D eigenvalue weighted by molar-refractivity contribution is 5.56. The number of rotatable bonds is 5. The Kier molecular flexibility index (Phi) is 5.36. The van der Waals surface area contributed by atoms with Crippen molar-refractivity contribution in [1.29, 1.82) is 0 Å². The summed E-state index contributed by atoms with van der Waals surface area (Å²) >= 11 is 0. The van der Waals surface area contributed by atoms with Crippen LogP contribution in [0.25, 0.3) is 0 Å². The van der Waals surface area contributed by atoms with E-state index in [-0.39, 0.29) is 0 Å². The van der Waals surface area contributed by atoms with Crippen molar-refractivity contribution in [3.63, 3.8) is 0 Å². The van der Waals surface area contributed by atoms with Crippen molar-refractivity contribution < 1.29 is 5.11 Å². The fourth-order valence-corrected chi connectivity index (χ4v) is 2.85. The molecule has 5 N–H and O–H groups in total. The first-order chi connectivity index (χ1) is 10.1. The van der Waals surface area contributed by atoms with Crippen LogP contribution < -0.4 is 16.6 Å². The fourth-order valence-electron chi connectivity index (χ4n) is 2.85. The molecule has 0 bridgehead atoms. The minimum Gasteiger partial charge on any atom is -0.388 e. The van der Waals surface area contributed by atoms with Crippen LogP contribution in [0, 0.1) is 6.92 Å². The van der Waals surface area contributed by atoms with Crippen LogP contribution in [0.1, 0.15) is 56.8 Å². The lowest BCUT2D eigenvalue weighted by molar-refractivity contribution is 0.0380. The molecule has 21 heavy (non-hydrogen) atoms. The molecule has 0 radical (unpaired) electrons. The van der Waals surface area contributed by atoms with Crippen LogP contribution in [0.15, 0.2) is 0 Å². The number of nitrogens with one attached hydrogen (secondary N) is 2. The van der Waals surface area contributed by atoms with E-state index in [1.165, 1.54) is 12.8 Å². The first-order valence-electron chi connectivity index (χ1n) is 7.88. The molecule has 6 heteroatoms. The number of hydrogen-bond donors (Lipinski definition) is 4. The number of anilines is 2. The van der Waals surface area contributed by atoms with Crippen LogP contribution >= 0.6 is 0 Å². The molecule has 0 spiro atoms. The number of aryl methyl sites for hydroxylation is 1. The second-order valence-electron chi connectivity index (χ2n) is 5.95. The topological polar surface area (TPSA) is 96.1 Å². The van der Waals surface area contributed by atoms with Gasteiger partial charge in [-0.15, -0.1) is 0 Å². The summed E-state index contributed by atoms with van der Waals surface area (Å²) in [4.78, 5) is 8.86. The Bertz CT molecular complexity index is 469. The van der Waals surface area contributed by atoms with Gasteiger partial charge in [-0.25, -0.2) is 15.8 Å². The summed E-state index contributed by atoms with van der Waals surface area (Å²) in [6.07, 6.45) is 7.08. The Morgan fingerprint density at radius 2 is 1.76 bits per heavy atom. The van der Waals surface area contributed by atoms with Crippen molar-refractivity contribution >= 4 is 11.6 Å². The van der Waals surface area contributed by atoms with Crippen LogP contribution in [-0.4, -0.2) is 27.2 Å². The van der Waals surface area contributed by atoms with E-state index in [9.17, 15) is 5.11 Å². The van der Waals surface area contributed by atoms with Gasteiger partial charge in [-0.1, -0.05) is 32.6 Å². The third kappa shape index (κ3) is 4.04. The smallest absolute Gasteiger partial charge is 0.148 e. The molecule has 0 aromatic carbocycles. The van der Waals surface area contributed by atoms with Gasteiger partial charge < -0.3 is 15.8 Å². The minimum absolute atomic E-state index is 0.526. The number of aromatic nitrogens is 2. The minimum atomic E-state index is -0.628. The highest BCUT2D eigenvalue weighted by Gasteiger charge is 2.28. The highest BCUT2D eigenvalue weighted by atomic mass is 16.3. The molecule has 1 aromatic heterocycles. The van der Waals surface area contributed by atoms with Gasteiger partial charge in [-0.2, -0.15) is 0 Å². The molecule has 118 valence electrons. The van der Waals surface area contributed by atoms with Gasteiger partial charge in [0.05, 0.1) is 5.60 Å². The van der Waals surface area contributed by atoms with E-state index >= 15 is 0 Å². The summed E-state index contributed by atoms with van der Waals surface area (Å²) in [5.41, 5.74) is 2.87. The van der Waals surface area contributed by atoms with Crippen molar-refractivity contribution in [2.24, 2.45) is 5.84 Å². The molecule has 0 saturated heterocycles. The van der Waals surface area contributed by atoms with Crippen LogP contribution in [0.2, 0.25) is 0 Å². The third-order valence-electron chi connectivity index (χ3n) is 4.26. The average molecular weight is 293 g/mol. The van der Waals surface area contributed by atoms with Gasteiger partial charge >= 0.3 is 0 Å². The predicted octanol–water partition coefficient (Wildman–Crippen LogP) is 2.13. The number of aliphatic hydroxyl groups is 1. The largest absolute Gasteiger partial charge is 0.388 e. The standard InChI is InChI=1S/C15H27N5O/c1-3-12-18-13(11(2)14(19-12)20-16)17-10-15(21)8-6-4-5-7-9-15/h21H,3-10,16H2,1-2H3,(H2,17,18,19,20). The molecule has 0 aliphatic heterocycles. The van der Waals surface area contributed by atoms with Crippen LogP contribution in [0.3, 0.4) is 0 Å². The van der Waals surface area contributed by atoms with E-state index < -0.39 is 5.60 Å². The maximum absolute atomic E-state index is 10.7. The molecule has 0 atom stereocenters. The fraction of sp³-hybridized carbons (Fsp3) is 0.733. The second kappa shape index (κ2) is 7.04. The lowest BCUT2D eigenvalue weighted by Crippen LogP contribution is -2.36. The third-order valence-corrected chi connectivity index (χ3v) is 4.26. The lowest BCUT2D eigenvalue weighted by Gasteiger charge is -2.27. The molecular weight excluding hydrogens is 266 g/mol. The molecule has 0 unspecified atom stereocenters. The van der Waals surface area contributed by atoms with E-state index in [1.807, 2.05) is 13.8 Å². The summed E-state index contributed by atoms with van der Waals surface area (Å²) < 4.78 is 0. The monoisotopic (exact) mass is 293 g/mol. The van der Waals surface area contributed by atoms with Crippen molar-refractivity contribution in [2.75, 3.05) is 17.3 Å². The predicted molar refractivity (Wildman–Crippen MR) is 85.1 cm³/mol. The number of hydrogen-bond acceptors (Lipinski definition) is 6. The van der Waals surface area contributed by atoms with Gasteiger partial charge in [-0.05, 0) is 19.8 Å². The van der Waals surface area contributed by atoms with Gasteiger partial charge in [0.2, 0.25) is 0 Å². The van der Waals surface area contributed by atoms with Gasteiger partial charge in [0.15, 0.2) is 0 Å². The zero-order chi connectivity index (χ0) is 15.3. The van der Waals surface area contributed by atoms with E-state index in [4.69, 9.17) is 5.84 Å². The molecule has 1 aromatic rings. The molecule has 1 fully saturated rings. The number of nitrogens with two attached hydrogens (primary N) is 1. The van der Waals surface area contributed by atoms with E-state index in [1.54, 1.807) is 0 Å². The SMILES string of the molecule is CCc1nc(NN)c(C)c(NCC2(O)CCCCCC2)n1. The van der Waals surface area contributed by atoms with Gasteiger partial charge in [0.1, 0.15) is 17.5 Å². The molecule has 6 nitrogen and oxygen atoms in total. The first kappa shape index (κ1) is 16.0. The van der Waals surface area contributed by atoms with E-state index in [0.717, 1.165) is 49.3 Å². The second-order valence-corrected chi connectivity index (χ2v) is 5.95. The number of nitrogens with zero attached hydrogens (tertiary/aromatic N) is 2. The van der Waals surface area contributed by atoms with E-state index in [0.29, 0.717) is 12.4 Å². The van der Waals surface area contributed by atoms with Crippen LogP contribution in [0.5, 0.6) is 0 Å². The van der Waals surface area contributed by atoms with Crippen molar-refractivity contribution in [2.45, 2.75) is 64.4 Å². The molecule has 2 rings (SSSR count). The van der Waals surface area contributed by atoms with E-state index in [2.05, 4.69) is 20.7 Å². The maximum Gasteiger partial charge on any atom is 0.148 e. The van der Waals surface area contributed by atoms with Crippen molar-refractivity contribution in [1.82, 2.24) is 9.97 Å². The number of hydrazine groups is 1. The Hall–Kier alpha value is -1.40. The Morgan fingerprint density at radius 1 is 1.14 bits per heavy atom. The molecule has 1 heterocycles. The Balaban J connectivity index is 2.11. The molecule has 0 amide bonds. The van der Waals surface area contributed by atoms with Crippen molar-refractivity contribution in [3.8, 4) is 0 Å². The molecular formula is C15H27N5O. The van der Waals surface area contributed by atoms with Crippen LogP contribution in [0.4, 0.5) is 11.6 Å². The number of nitrogen functional groups attached to an aromatic ring is 1. The quantitative estimate of drug-likeness (QED) is 0.377. The summed E-state index contributed by atoms with van der Waals surface area (Å²) in [6.45, 7) is 4.46. The molecule has 1 aliphatic rings. The van der Waals surface area contributed by atoms with Gasteiger partial charge in [0.25, 0.3) is 0 Å². The highest BCUT2D eigenvalue weighted by Crippen LogP contribution is 2.28. The van der Waals surface area contributed by atoms with Gasteiger partial charge in [-0.3, -0.25) is 0 Å². The van der Waals surface area contributed by atoms with Gasteiger partial charge in [0, 0.05) is 18.5 Å². The Morgan fingerprint density at radius 3 is 2.33 bits per heavy atom. The van der Waals surface area contributed by atoms with Crippen molar-refractivity contribution in [3.05, 3.63) is 11.4 Å². The zero-order valence-electron chi connectivity index (χ0n) is 13.1. The first-order valence-corrected chi connectivity index (χ1v) is 7.88. The maximum atomic E-state index is 10.7. The summed E-state index contributed by atoms with van der Waals surface area (Å²) in [6, 6.07) is 0. The molecule has 1 saturated carbocycles. The summed E-state index contributed by atoms with van der Waals surface area (Å²) in [5, 5.41) is 14.0. The summed E-state index contributed by atoms with van der Waals surface area (Å²) in [5.74, 6) is 7.64. The average Bonchev–Trinajstić information content (AvgIpc) is 2.71. The summed E-state index contributed by atoms with van der Waals surface area (Å²) in [7, 11) is 0.